The SMILES string of the molecule is CC(C)Nc1cn[nH]c1. The summed E-state index contributed by atoms with van der Waals surface area (Å²) in [5, 5.41) is 9.70. The van der Waals surface area contributed by atoms with Gasteiger partial charge in [-0.25, -0.2) is 0 Å². The fourth-order valence-corrected chi connectivity index (χ4v) is 0.663. The summed E-state index contributed by atoms with van der Waals surface area (Å²) in [6, 6.07) is 0.475. The second-order valence-electron chi connectivity index (χ2n) is 2.29. The first kappa shape index (κ1) is 6.13. The van der Waals surface area contributed by atoms with Gasteiger partial charge in [0.15, 0.2) is 0 Å². The van der Waals surface area contributed by atoms with Crippen LogP contribution in [0, 0.1) is 0 Å². The second kappa shape index (κ2) is 2.53. The smallest absolute Gasteiger partial charge is 0.0725 e. The zero-order chi connectivity index (χ0) is 6.69. The third kappa shape index (κ3) is 1.76. The van der Waals surface area contributed by atoms with Crippen molar-refractivity contribution >= 4 is 5.69 Å². The number of rotatable bonds is 2. The van der Waals surface area contributed by atoms with E-state index in [0.717, 1.165) is 5.69 Å². The Morgan fingerprint density at radius 2 is 2.44 bits per heavy atom. The Kier molecular flexibility index (Phi) is 1.72. The van der Waals surface area contributed by atoms with Gasteiger partial charge in [-0.05, 0) is 13.8 Å². The summed E-state index contributed by atoms with van der Waals surface area (Å²) in [6.45, 7) is 4.18. The van der Waals surface area contributed by atoms with E-state index in [1.54, 1.807) is 6.20 Å². The second-order valence-corrected chi connectivity index (χ2v) is 2.29. The molecule has 2 N–H and O–H groups in total. The highest BCUT2D eigenvalue weighted by atomic mass is 15.1. The molecule has 0 saturated carbocycles. The van der Waals surface area contributed by atoms with Crippen molar-refractivity contribution in [3.05, 3.63) is 12.4 Å². The van der Waals surface area contributed by atoms with Crippen LogP contribution < -0.4 is 5.32 Å². The minimum atomic E-state index is 0.475. The maximum atomic E-state index is 3.79. The lowest BCUT2D eigenvalue weighted by Crippen LogP contribution is -2.08. The average molecular weight is 125 g/mol. The van der Waals surface area contributed by atoms with Crippen molar-refractivity contribution in [2.24, 2.45) is 0 Å². The van der Waals surface area contributed by atoms with E-state index in [4.69, 9.17) is 0 Å². The zero-order valence-electron chi connectivity index (χ0n) is 5.68. The molecule has 50 valence electrons. The molecular formula is C6H11N3. The molecule has 0 aliphatic heterocycles. The van der Waals surface area contributed by atoms with E-state index in [9.17, 15) is 0 Å². The number of aromatic amines is 1. The van der Waals surface area contributed by atoms with E-state index in [1.807, 2.05) is 6.20 Å². The normalized spacial score (nSPS) is 10.1. The van der Waals surface area contributed by atoms with Gasteiger partial charge in [0.25, 0.3) is 0 Å². The molecule has 3 heteroatoms. The lowest BCUT2D eigenvalue weighted by Gasteiger charge is -2.04. The highest BCUT2D eigenvalue weighted by Crippen LogP contribution is 2.01. The molecule has 1 aromatic rings. The van der Waals surface area contributed by atoms with Crippen LogP contribution in [0.15, 0.2) is 12.4 Å². The number of anilines is 1. The van der Waals surface area contributed by atoms with Crippen molar-refractivity contribution in [2.75, 3.05) is 5.32 Å². The van der Waals surface area contributed by atoms with Gasteiger partial charge in [0.1, 0.15) is 0 Å². The first-order valence-corrected chi connectivity index (χ1v) is 3.04. The summed E-state index contributed by atoms with van der Waals surface area (Å²) < 4.78 is 0. The number of hydrogen-bond donors (Lipinski definition) is 2. The molecule has 1 aromatic heterocycles. The maximum Gasteiger partial charge on any atom is 0.0725 e. The molecule has 0 amide bonds. The van der Waals surface area contributed by atoms with E-state index < -0.39 is 0 Å². The van der Waals surface area contributed by atoms with E-state index in [1.165, 1.54) is 0 Å². The van der Waals surface area contributed by atoms with Gasteiger partial charge in [0, 0.05) is 12.2 Å². The zero-order valence-corrected chi connectivity index (χ0v) is 5.68. The number of aromatic nitrogens is 2. The predicted molar refractivity (Wildman–Crippen MR) is 37.3 cm³/mol. The van der Waals surface area contributed by atoms with Gasteiger partial charge in [0.05, 0.1) is 11.9 Å². The maximum absolute atomic E-state index is 3.79. The van der Waals surface area contributed by atoms with Crippen LogP contribution in [-0.2, 0) is 0 Å². The van der Waals surface area contributed by atoms with E-state index in [-0.39, 0.29) is 0 Å². The van der Waals surface area contributed by atoms with Gasteiger partial charge in [-0.3, -0.25) is 5.10 Å². The molecule has 3 nitrogen and oxygen atoms in total. The molecule has 9 heavy (non-hydrogen) atoms. The van der Waals surface area contributed by atoms with Crippen molar-refractivity contribution in [3.8, 4) is 0 Å². The number of nitrogens with one attached hydrogen (secondary N) is 2. The van der Waals surface area contributed by atoms with E-state index >= 15 is 0 Å². The molecule has 0 saturated heterocycles. The van der Waals surface area contributed by atoms with Gasteiger partial charge in [-0.1, -0.05) is 0 Å². The van der Waals surface area contributed by atoms with Gasteiger partial charge >= 0.3 is 0 Å². The summed E-state index contributed by atoms with van der Waals surface area (Å²) in [6.07, 6.45) is 3.60. The Bertz CT molecular complexity index is 155. The Morgan fingerprint density at radius 3 is 2.89 bits per heavy atom. The number of nitrogens with zero attached hydrogens (tertiary/aromatic N) is 1. The largest absolute Gasteiger partial charge is 0.380 e. The Hall–Kier alpha value is -0.990. The lowest BCUT2D eigenvalue weighted by molar-refractivity contribution is 0.900. The fraction of sp³-hybridized carbons (Fsp3) is 0.500. The standard InChI is InChI=1S/C6H11N3/c1-5(2)9-6-3-7-8-4-6/h3-5,9H,1-2H3,(H,7,8). The molecule has 0 spiro atoms. The fourth-order valence-electron chi connectivity index (χ4n) is 0.663. The van der Waals surface area contributed by atoms with Crippen LogP contribution in [0.4, 0.5) is 5.69 Å². The molecule has 0 aliphatic rings. The molecule has 0 fully saturated rings. The first-order valence-electron chi connectivity index (χ1n) is 3.04. The van der Waals surface area contributed by atoms with E-state index in [2.05, 4.69) is 29.4 Å². The highest BCUT2D eigenvalue weighted by Gasteiger charge is 1.92. The van der Waals surface area contributed by atoms with Crippen LogP contribution in [0.5, 0.6) is 0 Å². The van der Waals surface area contributed by atoms with Crippen LogP contribution in [0.3, 0.4) is 0 Å². The van der Waals surface area contributed by atoms with Crippen LogP contribution >= 0.6 is 0 Å². The summed E-state index contributed by atoms with van der Waals surface area (Å²) >= 11 is 0. The summed E-state index contributed by atoms with van der Waals surface area (Å²) in [4.78, 5) is 0. The van der Waals surface area contributed by atoms with Crippen molar-refractivity contribution < 1.29 is 0 Å². The monoisotopic (exact) mass is 125 g/mol. The van der Waals surface area contributed by atoms with Gasteiger partial charge in [-0.2, -0.15) is 5.10 Å². The number of H-pyrrole nitrogens is 1. The van der Waals surface area contributed by atoms with Crippen molar-refractivity contribution in [2.45, 2.75) is 19.9 Å². The van der Waals surface area contributed by atoms with E-state index in [0.29, 0.717) is 6.04 Å². The van der Waals surface area contributed by atoms with Crippen LogP contribution in [-0.4, -0.2) is 16.2 Å². The minimum Gasteiger partial charge on any atom is -0.380 e. The molecular weight excluding hydrogens is 114 g/mol. The summed E-state index contributed by atoms with van der Waals surface area (Å²) in [5.41, 5.74) is 1.05. The molecule has 1 rings (SSSR count). The molecule has 0 bridgehead atoms. The topological polar surface area (TPSA) is 40.7 Å². The third-order valence-electron chi connectivity index (χ3n) is 0.954. The molecule has 0 aliphatic carbocycles. The Balaban J connectivity index is 2.48. The van der Waals surface area contributed by atoms with Crippen molar-refractivity contribution in [1.82, 2.24) is 10.2 Å². The average Bonchev–Trinajstić information content (AvgIpc) is 2.15. The number of hydrogen-bond acceptors (Lipinski definition) is 2. The minimum absolute atomic E-state index is 0.475. The van der Waals surface area contributed by atoms with Gasteiger partial charge in [-0.15, -0.1) is 0 Å². The van der Waals surface area contributed by atoms with Crippen molar-refractivity contribution in [1.29, 1.82) is 0 Å². The van der Waals surface area contributed by atoms with Crippen LogP contribution in [0.25, 0.3) is 0 Å². The first-order chi connectivity index (χ1) is 4.29. The predicted octanol–water partition coefficient (Wildman–Crippen LogP) is 1.23. The third-order valence-corrected chi connectivity index (χ3v) is 0.954. The molecule has 0 radical (unpaired) electrons. The molecule has 0 aromatic carbocycles. The van der Waals surface area contributed by atoms with Crippen LogP contribution in [0.1, 0.15) is 13.8 Å². The van der Waals surface area contributed by atoms with Gasteiger partial charge < -0.3 is 5.32 Å². The Morgan fingerprint density at radius 1 is 1.67 bits per heavy atom. The summed E-state index contributed by atoms with van der Waals surface area (Å²) in [7, 11) is 0. The Labute approximate surface area is 54.5 Å². The highest BCUT2D eigenvalue weighted by molar-refractivity contribution is 5.37. The molecule has 0 unspecified atom stereocenters. The van der Waals surface area contributed by atoms with Crippen LogP contribution in [0.2, 0.25) is 0 Å². The molecule has 1 heterocycles. The van der Waals surface area contributed by atoms with Gasteiger partial charge in [0.2, 0.25) is 0 Å². The summed E-state index contributed by atoms with van der Waals surface area (Å²) in [5.74, 6) is 0. The van der Waals surface area contributed by atoms with Crippen molar-refractivity contribution in [3.63, 3.8) is 0 Å². The molecule has 0 atom stereocenters. The quantitative estimate of drug-likeness (QED) is 0.624. The lowest BCUT2D eigenvalue weighted by atomic mass is 10.4.